The number of aromatic amines is 1. The fourth-order valence-corrected chi connectivity index (χ4v) is 3.44. The van der Waals surface area contributed by atoms with Gasteiger partial charge < -0.3 is 9.88 Å². The Kier molecular flexibility index (Phi) is 3.87. The molecule has 1 saturated heterocycles. The molecule has 3 nitrogen and oxygen atoms in total. The van der Waals surface area contributed by atoms with E-state index in [9.17, 15) is 13.2 Å². The zero-order valence-corrected chi connectivity index (χ0v) is 14.0. The second kappa shape index (κ2) is 5.95. The van der Waals surface area contributed by atoms with Crippen LogP contribution in [0.25, 0.3) is 22.4 Å². The van der Waals surface area contributed by atoms with E-state index < -0.39 is 11.7 Å². The maximum Gasteiger partial charge on any atom is 0.416 e. The molecule has 0 unspecified atom stereocenters. The number of hydrogen-bond acceptors (Lipinski definition) is 2. The minimum atomic E-state index is -4.44. The lowest BCUT2D eigenvalue weighted by Crippen LogP contribution is -2.17. The number of alkyl halides is 3. The molecule has 3 aromatic rings. The van der Waals surface area contributed by atoms with Crippen LogP contribution in [-0.2, 0) is 6.18 Å². The topological polar surface area (TPSA) is 31.9 Å². The molecule has 1 aliphatic heterocycles. The van der Waals surface area contributed by atoms with E-state index in [-0.39, 0.29) is 10.5 Å². The zero-order chi connectivity index (χ0) is 17.6. The maximum absolute atomic E-state index is 12.9. The highest BCUT2D eigenvalue weighted by Crippen LogP contribution is 2.35. The first-order valence-electron chi connectivity index (χ1n) is 8.04. The summed E-state index contributed by atoms with van der Waals surface area (Å²) in [6.07, 6.45) is -2.04. The number of nitrogens with zero attached hydrogens (tertiary/aromatic N) is 2. The molecule has 1 fully saturated rings. The second-order valence-electron chi connectivity index (χ2n) is 6.18. The van der Waals surface area contributed by atoms with E-state index in [0.717, 1.165) is 36.5 Å². The van der Waals surface area contributed by atoms with Gasteiger partial charge in [0, 0.05) is 24.3 Å². The van der Waals surface area contributed by atoms with Crippen molar-refractivity contribution in [1.82, 2.24) is 9.97 Å². The fraction of sp³-hybridized carbons (Fsp3) is 0.278. The first-order chi connectivity index (χ1) is 11.9. The lowest BCUT2D eigenvalue weighted by molar-refractivity contribution is -0.137. The minimum Gasteiger partial charge on any atom is -0.372 e. The van der Waals surface area contributed by atoms with Crippen molar-refractivity contribution in [2.45, 2.75) is 19.0 Å². The lowest BCUT2D eigenvalue weighted by Gasteiger charge is -2.17. The van der Waals surface area contributed by atoms with Crippen molar-refractivity contribution >= 4 is 28.3 Å². The Hall–Kier alpha value is -2.21. The molecule has 0 radical (unpaired) electrons. The highest BCUT2D eigenvalue weighted by Gasteiger charge is 2.31. The van der Waals surface area contributed by atoms with Gasteiger partial charge in [-0.3, -0.25) is 0 Å². The maximum atomic E-state index is 12.9. The first-order valence-corrected chi connectivity index (χ1v) is 8.41. The van der Waals surface area contributed by atoms with E-state index in [1.165, 1.54) is 12.8 Å². The summed E-state index contributed by atoms with van der Waals surface area (Å²) in [5, 5.41) is -0.0130. The van der Waals surface area contributed by atoms with Crippen LogP contribution in [0.3, 0.4) is 0 Å². The molecule has 2 heterocycles. The van der Waals surface area contributed by atoms with Crippen molar-refractivity contribution < 1.29 is 13.2 Å². The molecule has 0 atom stereocenters. The van der Waals surface area contributed by atoms with Crippen molar-refractivity contribution in [2.24, 2.45) is 0 Å². The molecular formula is C18H15ClF3N3. The quantitative estimate of drug-likeness (QED) is 0.650. The molecule has 1 aliphatic rings. The molecular weight excluding hydrogens is 351 g/mol. The van der Waals surface area contributed by atoms with Crippen LogP contribution in [0.2, 0.25) is 5.02 Å². The number of halogens is 4. The summed E-state index contributed by atoms with van der Waals surface area (Å²) in [6, 6.07) is 9.81. The first kappa shape index (κ1) is 16.3. The van der Waals surface area contributed by atoms with Crippen LogP contribution in [0.4, 0.5) is 18.9 Å². The minimum absolute atomic E-state index is 0.0130. The van der Waals surface area contributed by atoms with Crippen LogP contribution in [0.5, 0.6) is 0 Å². The lowest BCUT2D eigenvalue weighted by atomic mass is 10.2. The molecule has 0 spiro atoms. The molecule has 1 N–H and O–H groups in total. The van der Waals surface area contributed by atoms with Gasteiger partial charge in [0.2, 0.25) is 0 Å². The van der Waals surface area contributed by atoms with Crippen LogP contribution in [0.1, 0.15) is 18.4 Å². The molecule has 0 amide bonds. The third-order valence-corrected chi connectivity index (χ3v) is 4.77. The van der Waals surface area contributed by atoms with Crippen molar-refractivity contribution in [3.8, 4) is 11.4 Å². The largest absolute Gasteiger partial charge is 0.416 e. The Labute approximate surface area is 147 Å². The van der Waals surface area contributed by atoms with Gasteiger partial charge in [-0.05, 0) is 49.2 Å². The van der Waals surface area contributed by atoms with Gasteiger partial charge in [0.1, 0.15) is 11.3 Å². The van der Waals surface area contributed by atoms with Crippen LogP contribution in [0.15, 0.2) is 36.4 Å². The Bertz CT molecular complexity index is 910. The van der Waals surface area contributed by atoms with Crippen LogP contribution >= 0.6 is 11.6 Å². The Morgan fingerprint density at radius 3 is 2.36 bits per heavy atom. The Balaban J connectivity index is 1.70. The second-order valence-corrected chi connectivity index (χ2v) is 6.59. The molecule has 2 aromatic carbocycles. The van der Waals surface area contributed by atoms with Gasteiger partial charge in [-0.1, -0.05) is 11.6 Å². The SMILES string of the molecule is FC(F)(F)c1cc(Cl)c2nc(-c3ccc(N4CCCC4)cc3)[nH]c2c1. The number of benzene rings is 2. The van der Waals surface area contributed by atoms with Crippen molar-refractivity contribution in [3.63, 3.8) is 0 Å². The zero-order valence-electron chi connectivity index (χ0n) is 13.2. The van der Waals surface area contributed by atoms with Crippen molar-refractivity contribution in [3.05, 3.63) is 47.0 Å². The summed E-state index contributed by atoms with van der Waals surface area (Å²) in [6.45, 7) is 2.11. The average Bonchev–Trinajstić information content (AvgIpc) is 3.24. The van der Waals surface area contributed by atoms with Crippen LogP contribution < -0.4 is 4.90 Å². The van der Waals surface area contributed by atoms with Gasteiger partial charge in [-0.2, -0.15) is 13.2 Å². The van der Waals surface area contributed by atoms with E-state index in [4.69, 9.17) is 11.6 Å². The van der Waals surface area contributed by atoms with Crippen molar-refractivity contribution in [2.75, 3.05) is 18.0 Å². The molecule has 1 aromatic heterocycles. The number of rotatable bonds is 2. The summed E-state index contributed by atoms with van der Waals surface area (Å²) in [4.78, 5) is 9.62. The van der Waals surface area contributed by atoms with E-state index in [1.54, 1.807) is 0 Å². The van der Waals surface area contributed by atoms with Crippen LogP contribution in [-0.4, -0.2) is 23.1 Å². The average molecular weight is 366 g/mol. The molecule has 0 aliphatic carbocycles. The van der Waals surface area contributed by atoms with Gasteiger partial charge in [-0.25, -0.2) is 4.98 Å². The molecule has 0 bridgehead atoms. The van der Waals surface area contributed by atoms with Crippen molar-refractivity contribution in [1.29, 1.82) is 0 Å². The van der Waals surface area contributed by atoms with Crippen LogP contribution in [0, 0.1) is 0 Å². The van der Waals surface area contributed by atoms with Gasteiger partial charge in [-0.15, -0.1) is 0 Å². The predicted octanol–water partition coefficient (Wildman–Crippen LogP) is 5.50. The highest BCUT2D eigenvalue weighted by molar-refractivity contribution is 6.35. The number of aromatic nitrogens is 2. The molecule has 0 saturated carbocycles. The monoisotopic (exact) mass is 365 g/mol. The molecule has 130 valence electrons. The van der Waals surface area contributed by atoms with Gasteiger partial charge in [0.05, 0.1) is 16.1 Å². The summed E-state index contributed by atoms with van der Waals surface area (Å²) in [5.41, 5.74) is 1.79. The highest BCUT2D eigenvalue weighted by atomic mass is 35.5. The summed E-state index contributed by atoms with van der Waals surface area (Å²) in [5.74, 6) is 0.504. The summed E-state index contributed by atoms with van der Waals surface area (Å²) in [7, 11) is 0. The molecule has 25 heavy (non-hydrogen) atoms. The predicted molar refractivity (Wildman–Crippen MR) is 93.0 cm³/mol. The van der Waals surface area contributed by atoms with E-state index in [2.05, 4.69) is 14.9 Å². The number of hydrogen-bond donors (Lipinski definition) is 1. The fourth-order valence-electron chi connectivity index (χ4n) is 3.18. The van der Waals surface area contributed by atoms with Gasteiger partial charge in [0.25, 0.3) is 0 Å². The Morgan fingerprint density at radius 1 is 1.04 bits per heavy atom. The Morgan fingerprint density at radius 2 is 1.72 bits per heavy atom. The summed E-state index contributed by atoms with van der Waals surface area (Å²) < 4.78 is 38.8. The van der Waals surface area contributed by atoms with E-state index in [0.29, 0.717) is 11.3 Å². The standard InChI is InChI=1S/C18H15ClF3N3/c19-14-9-12(18(20,21)22)10-15-16(14)24-17(23-15)11-3-5-13(6-4-11)25-7-1-2-8-25/h3-6,9-10H,1-2,7-8H2,(H,23,24). The van der Waals surface area contributed by atoms with E-state index >= 15 is 0 Å². The molecule has 4 rings (SSSR count). The number of nitrogens with one attached hydrogen (secondary N) is 1. The smallest absolute Gasteiger partial charge is 0.372 e. The van der Waals surface area contributed by atoms with E-state index in [1.807, 2.05) is 24.3 Å². The number of fused-ring (bicyclic) bond motifs is 1. The van der Waals surface area contributed by atoms with Gasteiger partial charge in [0.15, 0.2) is 0 Å². The summed E-state index contributed by atoms with van der Waals surface area (Å²) >= 11 is 5.99. The number of H-pyrrole nitrogens is 1. The third-order valence-electron chi connectivity index (χ3n) is 4.48. The normalized spacial score (nSPS) is 15.3. The number of anilines is 1. The van der Waals surface area contributed by atoms with Gasteiger partial charge >= 0.3 is 6.18 Å². The molecule has 7 heteroatoms. The number of imidazole rings is 1. The third kappa shape index (κ3) is 3.06.